The van der Waals surface area contributed by atoms with Gasteiger partial charge < -0.3 is 9.64 Å². The van der Waals surface area contributed by atoms with Crippen molar-refractivity contribution >= 4 is 21.8 Å². The fraction of sp³-hybridized carbons (Fsp3) is 0.588. The van der Waals surface area contributed by atoms with Crippen LogP contribution < -0.4 is 4.74 Å². The summed E-state index contributed by atoms with van der Waals surface area (Å²) in [5.41, 5.74) is 3.40. The van der Waals surface area contributed by atoms with Gasteiger partial charge in [0.25, 0.3) is 5.91 Å². The summed E-state index contributed by atoms with van der Waals surface area (Å²) >= 11 is 3.58. The van der Waals surface area contributed by atoms with Gasteiger partial charge in [-0.3, -0.25) is 4.79 Å². The number of amides is 1. The first-order valence-electron chi connectivity index (χ1n) is 7.67. The van der Waals surface area contributed by atoms with Gasteiger partial charge in [-0.15, -0.1) is 0 Å². The lowest BCUT2D eigenvalue weighted by atomic mass is 10.1. The molecule has 0 aliphatic carbocycles. The number of ether oxygens (including phenoxy) is 1. The van der Waals surface area contributed by atoms with Crippen LogP contribution in [0.2, 0.25) is 0 Å². The molecular weight excluding hydrogens is 330 g/mol. The molecule has 3 nitrogen and oxygen atoms in total. The van der Waals surface area contributed by atoms with Crippen molar-refractivity contribution in [1.82, 2.24) is 4.90 Å². The zero-order valence-electron chi connectivity index (χ0n) is 13.2. The first kappa shape index (κ1) is 16.3. The molecule has 0 atom stereocenters. The van der Waals surface area contributed by atoms with Gasteiger partial charge in [-0.1, -0.05) is 28.8 Å². The minimum atomic E-state index is 0.106. The molecule has 4 heteroatoms. The summed E-state index contributed by atoms with van der Waals surface area (Å²) in [6.45, 7) is 8.03. The van der Waals surface area contributed by atoms with Gasteiger partial charge in [0.1, 0.15) is 5.75 Å². The van der Waals surface area contributed by atoms with Crippen molar-refractivity contribution in [2.24, 2.45) is 0 Å². The molecule has 1 aliphatic rings. The monoisotopic (exact) mass is 353 g/mol. The van der Waals surface area contributed by atoms with Crippen LogP contribution in [-0.2, 0) is 4.79 Å². The average Bonchev–Trinajstić information content (AvgIpc) is 2.76. The van der Waals surface area contributed by atoms with Crippen LogP contribution in [0.15, 0.2) is 10.5 Å². The van der Waals surface area contributed by atoms with Crippen LogP contribution in [0.1, 0.15) is 42.4 Å². The number of rotatable bonds is 3. The van der Waals surface area contributed by atoms with E-state index in [2.05, 4.69) is 22.9 Å². The van der Waals surface area contributed by atoms with E-state index in [9.17, 15) is 4.79 Å². The van der Waals surface area contributed by atoms with Crippen LogP contribution in [0, 0.1) is 20.8 Å². The summed E-state index contributed by atoms with van der Waals surface area (Å²) in [6, 6.07) is 2.00. The molecule has 1 aromatic carbocycles. The molecule has 0 N–H and O–H groups in total. The molecule has 1 saturated heterocycles. The number of halogens is 1. The summed E-state index contributed by atoms with van der Waals surface area (Å²) in [5.74, 6) is 0.922. The SMILES string of the molecule is Cc1cc(OCC(=O)N2CCCCCC2)c(C)c(C)c1Br. The number of benzene rings is 1. The van der Waals surface area contributed by atoms with E-state index in [1.807, 2.05) is 24.8 Å². The number of aryl methyl sites for hydroxylation is 1. The molecule has 0 aromatic heterocycles. The highest BCUT2D eigenvalue weighted by Crippen LogP contribution is 2.31. The molecule has 0 saturated carbocycles. The summed E-state index contributed by atoms with van der Waals surface area (Å²) in [5, 5.41) is 0. The Balaban J connectivity index is 2.01. The second-order valence-electron chi connectivity index (χ2n) is 5.84. The minimum Gasteiger partial charge on any atom is -0.483 e. The van der Waals surface area contributed by atoms with E-state index in [1.54, 1.807) is 0 Å². The Morgan fingerprint density at radius 2 is 1.76 bits per heavy atom. The number of likely N-dealkylation sites (tertiary alicyclic amines) is 1. The molecule has 0 spiro atoms. The largest absolute Gasteiger partial charge is 0.483 e. The maximum Gasteiger partial charge on any atom is 0.260 e. The molecular formula is C17H24BrNO2. The average molecular weight is 354 g/mol. The smallest absolute Gasteiger partial charge is 0.260 e. The first-order chi connectivity index (χ1) is 10.0. The number of carbonyl (C=O) groups is 1. The van der Waals surface area contributed by atoms with Gasteiger partial charge in [0, 0.05) is 17.6 Å². The second kappa shape index (κ2) is 7.30. The van der Waals surface area contributed by atoms with Gasteiger partial charge in [0.15, 0.2) is 6.61 Å². The molecule has 1 fully saturated rings. The van der Waals surface area contributed by atoms with Crippen LogP contribution in [0.5, 0.6) is 5.75 Å². The van der Waals surface area contributed by atoms with E-state index in [1.165, 1.54) is 18.4 Å². The molecule has 21 heavy (non-hydrogen) atoms. The van der Waals surface area contributed by atoms with Crippen molar-refractivity contribution in [2.75, 3.05) is 19.7 Å². The van der Waals surface area contributed by atoms with E-state index >= 15 is 0 Å². The highest BCUT2D eigenvalue weighted by atomic mass is 79.9. The molecule has 2 rings (SSSR count). The van der Waals surface area contributed by atoms with Crippen LogP contribution >= 0.6 is 15.9 Å². The molecule has 0 bridgehead atoms. The fourth-order valence-electron chi connectivity index (χ4n) is 2.71. The van der Waals surface area contributed by atoms with Gasteiger partial charge in [-0.05, 0) is 56.4 Å². The highest BCUT2D eigenvalue weighted by Gasteiger charge is 2.17. The Hall–Kier alpha value is -1.03. The third-order valence-corrected chi connectivity index (χ3v) is 5.49. The summed E-state index contributed by atoms with van der Waals surface area (Å²) < 4.78 is 6.91. The zero-order chi connectivity index (χ0) is 15.4. The van der Waals surface area contributed by atoms with Gasteiger partial charge >= 0.3 is 0 Å². The molecule has 0 unspecified atom stereocenters. The summed E-state index contributed by atoms with van der Waals surface area (Å²) in [7, 11) is 0. The number of carbonyl (C=O) groups excluding carboxylic acids is 1. The maximum atomic E-state index is 12.3. The van der Waals surface area contributed by atoms with Crippen LogP contribution in [-0.4, -0.2) is 30.5 Å². The number of nitrogens with zero attached hydrogens (tertiary/aromatic N) is 1. The molecule has 1 heterocycles. The van der Waals surface area contributed by atoms with Crippen molar-refractivity contribution in [1.29, 1.82) is 0 Å². The Kier molecular flexibility index (Phi) is 5.68. The van der Waals surface area contributed by atoms with Crippen LogP contribution in [0.3, 0.4) is 0 Å². The summed E-state index contributed by atoms with van der Waals surface area (Å²) in [6.07, 6.45) is 4.69. The van der Waals surface area contributed by atoms with Crippen molar-refractivity contribution in [2.45, 2.75) is 46.5 Å². The standard InChI is InChI=1S/C17H24BrNO2/c1-12-10-15(13(2)14(3)17(12)18)21-11-16(20)19-8-6-4-5-7-9-19/h10H,4-9,11H2,1-3H3. The van der Waals surface area contributed by atoms with Crippen LogP contribution in [0.4, 0.5) is 0 Å². The van der Waals surface area contributed by atoms with Gasteiger partial charge in [0.2, 0.25) is 0 Å². The predicted molar refractivity (Wildman–Crippen MR) is 88.9 cm³/mol. The van der Waals surface area contributed by atoms with E-state index in [0.717, 1.165) is 47.3 Å². The van der Waals surface area contributed by atoms with Crippen molar-refractivity contribution in [3.63, 3.8) is 0 Å². The zero-order valence-corrected chi connectivity index (χ0v) is 14.8. The third-order valence-electron chi connectivity index (χ3n) is 4.27. The molecule has 1 amide bonds. The van der Waals surface area contributed by atoms with Crippen molar-refractivity contribution in [3.8, 4) is 5.75 Å². The third kappa shape index (κ3) is 4.00. The lowest BCUT2D eigenvalue weighted by Crippen LogP contribution is -2.35. The number of hydrogen-bond acceptors (Lipinski definition) is 2. The van der Waals surface area contributed by atoms with Gasteiger partial charge in [0.05, 0.1) is 0 Å². The van der Waals surface area contributed by atoms with Gasteiger partial charge in [-0.25, -0.2) is 0 Å². The van der Waals surface area contributed by atoms with Crippen molar-refractivity contribution < 1.29 is 9.53 Å². The minimum absolute atomic E-state index is 0.106. The Labute approximate surface area is 135 Å². The normalized spacial score (nSPS) is 15.7. The van der Waals surface area contributed by atoms with Crippen LogP contribution in [0.25, 0.3) is 0 Å². The Bertz CT molecular complexity index is 520. The maximum absolute atomic E-state index is 12.3. The van der Waals surface area contributed by atoms with Gasteiger partial charge in [-0.2, -0.15) is 0 Å². The molecule has 1 aliphatic heterocycles. The quantitative estimate of drug-likeness (QED) is 0.816. The number of hydrogen-bond donors (Lipinski definition) is 0. The van der Waals surface area contributed by atoms with E-state index in [-0.39, 0.29) is 12.5 Å². The topological polar surface area (TPSA) is 29.5 Å². The lowest BCUT2D eigenvalue weighted by molar-refractivity contribution is -0.133. The van der Waals surface area contributed by atoms with E-state index in [4.69, 9.17) is 4.74 Å². The molecule has 0 radical (unpaired) electrons. The van der Waals surface area contributed by atoms with Crippen molar-refractivity contribution in [3.05, 3.63) is 27.2 Å². The Morgan fingerprint density at radius 3 is 2.38 bits per heavy atom. The summed E-state index contributed by atoms with van der Waals surface area (Å²) in [4.78, 5) is 14.2. The predicted octanol–water partition coefficient (Wildman–Crippen LogP) is 4.16. The molecule has 1 aromatic rings. The first-order valence-corrected chi connectivity index (χ1v) is 8.47. The fourth-order valence-corrected chi connectivity index (χ4v) is 3.13. The second-order valence-corrected chi connectivity index (χ2v) is 6.63. The lowest BCUT2D eigenvalue weighted by Gasteiger charge is -2.21. The van der Waals surface area contributed by atoms with E-state index < -0.39 is 0 Å². The van der Waals surface area contributed by atoms with E-state index in [0.29, 0.717) is 0 Å². The highest BCUT2D eigenvalue weighted by molar-refractivity contribution is 9.10. The Morgan fingerprint density at radius 1 is 1.14 bits per heavy atom. The molecule has 116 valence electrons.